The number of carbonyl (C=O) groups excluding carboxylic acids is 2. The van der Waals surface area contributed by atoms with Gasteiger partial charge in [0.05, 0.1) is 65.2 Å². The Kier molecular flexibility index (Phi) is 7.11. The molecule has 44 heavy (non-hydrogen) atoms. The second-order valence-corrected chi connectivity index (χ2v) is 13.1. The van der Waals surface area contributed by atoms with Crippen LogP contribution in [-0.2, 0) is 4.79 Å². The molecule has 232 valence electrons. The summed E-state index contributed by atoms with van der Waals surface area (Å²) in [4.78, 5) is 32.3. The van der Waals surface area contributed by atoms with Gasteiger partial charge in [-0.3, -0.25) is 14.6 Å². The van der Waals surface area contributed by atoms with E-state index in [9.17, 15) is 33.1 Å². The van der Waals surface area contributed by atoms with Gasteiger partial charge >= 0.3 is 0 Å². The van der Waals surface area contributed by atoms with Crippen LogP contribution in [0.25, 0.3) is 16.9 Å². The summed E-state index contributed by atoms with van der Waals surface area (Å²) in [5.74, 6) is -3.57. The molecule has 3 aromatic heterocycles. The van der Waals surface area contributed by atoms with Gasteiger partial charge in [-0.05, 0) is 76.6 Å². The van der Waals surface area contributed by atoms with Crippen molar-refractivity contribution < 1.29 is 27.9 Å². The highest BCUT2D eigenvalue weighted by Gasteiger charge is 2.57. The van der Waals surface area contributed by atoms with E-state index in [1.807, 2.05) is 12.1 Å². The van der Waals surface area contributed by atoms with Crippen molar-refractivity contribution in [1.29, 1.82) is 5.26 Å². The molecule has 0 radical (unpaired) electrons. The van der Waals surface area contributed by atoms with E-state index in [1.54, 1.807) is 16.6 Å². The van der Waals surface area contributed by atoms with Gasteiger partial charge in [0.25, 0.3) is 11.8 Å². The summed E-state index contributed by atoms with van der Waals surface area (Å²) in [6, 6.07) is 9.12. The molecule has 7 rings (SSSR count). The maximum Gasteiger partial charge on any atom is 0.282 e. The number of halogens is 3. The highest BCUT2D eigenvalue weighted by atomic mass is 19.3. The Morgan fingerprint density at radius 2 is 1.80 bits per heavy atom. The molecule has 3 N–H and O–H groups in total. The molecule has 1 aliphatic heterocycles. The zero-order valence-corrected chi connectivity index (χ0v) is 24.5. The minimum absolute atomic E-state index is 0.188. The Balaban J connectivity index is 1.28. The van der Waals surface area contributed by atoms with E-state index in [0.29, 0.717) is 66.7 Å². The van der Waals surface area contributed by atoms with E-state index in [0.717, 1.165) is 0 Å². The minimum Gasteiger partial charge on any atom is -0.387 e. The number of aliphatic hydroxyl groups is 1. The summed E-state index contributed by atoms with van der Waals surface area (Å²) in [7, 11) is 0. The number of rotatable bonds is 8. The van der Waals surface area contributed by atoms with Crippen LogP contribution in [0.4, 0.5) is 18.9 Å². The molecular weight excluding hydrogens is 575 g/mol. The van der Waals surface area contributed by atoms with Crippen molar-refractivity contribution in [2.45, 2.75) is 75.6 Å². The number of fused-ring (bicyclic) bond motifs is 4. The zero-order valence-electron chi connectivity index (χ0n) is 24.5. The first-order valence-corrected chi connectivity index (χ1v) is 14.7. The first kappa shape index (κ1) is 29.9. The number of anilines is 1. The summed E-state index contributed by atoms with van der Waals surface area (Å²) < 4.78 is 43.1. The van der Waals surface area contributed by atoms with Crippen LogP contribution in [0.1, 0.15) is 68.3 Å². The van der Waals surface area contributed by atoms with Crippen LogP contribution < -0.4 is 10.6 Å². The summed E-state index contributed by atoms with van der Waals surface area (Å²) in [5, 5.41) is 29.7. The first-order chi connectivity index (χ1) is 20.7. The molecule has 4 heterocycles. The zero-order chi connectivity index (χ0) is 31.5. The van der Waals surface area contributed by atoms with Crippen molar-refractivity contribution in [3.8, 4) is 17.5 Å². The predicted octanol–water partition coefficient (Wildman–Crippen LogP) is 4.09. The number of alkyl halides is 3. The molecule has 0 spiro atoms. The third-order valence-electron chi connectivity index (χ3n) is 9.48. The number of likely N-dealkylation sites (tertiary alicyclic amines) is 1. The minimum atomic E-state index is -2.81. The molecule has 2 amide bonds. The Morgan fingerprint density at radius 1 is 1.11 bits per heavy atom. The fraction of sp³-hybridized carbons (Fsp3) is 0.516. The SMILES string of the molecule is CC(C)(O)[C@H](F)CNC(=O)c1cnc(-c2ccc3cc(C#N)cnn23)cc1NC12CCC(C(=O)N3CC(F)(F)C3)(CC1)CC2. The average Bonchev–Trinajstić information content (AvgIpc) is 3.41. The number of nitrogens with zero attached hydrogens (tertiary/aromatic N) is 5. The van der Waals surface area contributed by atoms with Crippen molar-refractivity contribution in [2.24, 2.45) is 5.41 Å². The lowest BCUT2D eigenvalue weighted by molar-refractivity contribution is -0.180. The number of amides is 2. The van der Waals surface area contributed by atoms with Gasteiger partial charge in [0.15, 0.2) is 0 Å². The number of carbonyl (C=O) groups is 2. The Bertz CT molecular complexity index is 1640. The number of nitriles is 1. The van der Waals surface area contributed by atoms with Crippen LogP contribution in [0.15, 0.2) is 36.7 Å². The van der Waals surface area contributed by atoms with Gasteiger partial charge in [0.1, 0.15) is 12.2 Å². The second kappa shape index (κ2) is 10.5. The van der Waals surface area contributed by atoms with Crippen molar-refractivity contribution in [3.63, 3.8) is 0 Å². The van der Waals surface area contributed by atoms with Gasteiger partial charge < -0.3 is 20.6 Å². The Hall–Kier alpha value is -4.18. The predicted molar refractivity (Wildman–Crippen MR) is 155 cm³/mol. The van der Waals surface area contributed by atoms with Crippen LogP contribution in [0, 0.1) is 16.7 Å². The fourth-order valence-corrected chi connectivity index (χ4v) is 6.63. The average molecular weight is 610 g/mol. The van der Waals surface area contributed by atoms with Crippen LogP contribution in [0.5, 0.6) is 0 Å². The number of pyridine rings is 1. The molecule has 4 aliphatic rings. The van der Waals surface area contributed by atoms with Crippen LogP contribution in [0.3, 0.4) is 0 Å². The van der Waals surface area contributed by atoms with E-state index < -0.39 is 54.2 Å². The molecule has 3 saturated carbocycles. The van der Waals surface area contributed by atoms with Crippen LogP contribution in [0.2, 0.25) is 0 Å². The lowest BCUT2D eigenvalue weighted by Gasteiger charge is -2.55. The van der Waals surface area contributed by atoms with Gasteiger partial charge in [-0.2, -0.15) is 10.4 Å². The van der Waals surface area contributed by atoms with Crippen molar-refractivity contribution in [3.05, 3.63) is 47.8 Å². The number of nitrogens with one attached hydrogen (secondary N) is 2. The normalized spacial score (nSPS) is 24.8. The van der Waals surface area contributed by atoms with Crippen LogP contribution in [-0.4, -0.2) is 79.3 Å². The van der Waals surface area contributed by atoms with Gasteiger partial charge in [-0.15, -0.1) is 0 Å². The quantitative estimate of drug-likeness (QED) is 0.350. The molecular formula is C31H34F3N7O3. The largest absolute Gasteiger partial charge is 0.387 e. The van der Waals surface area contributed by atoms with Crippen molar-refractivity contribution in [2.75, 3.05) is 25.0 Å². The summed E-state index contributed by atoms with van der Waals surface area (Å²) in [5.41, 5.74) is 0.180. The smallest absolute Gasteiger partial charge is 0.282 e. The molecule has 1 atom stereocenters. The summed E-state index contributed by atoms with van der Waals surface area (Å²) >= 11 is 0. The highest BCUT2D eigenvalue weighted by molar-refractivity contribution is 6.00. The molecule has 3 aromatic rings. The molecule has 3 aliphatic carbocycles. The fourth-order valence-electron chi connectivity index (χ4n) is 6.63. The third-order valence-corrected chi connectivity index (χ3v) is 9.48. The maximum absolute atomic E-state index is 14.5. The lowest BCUT2D eigenvalue weighted by atomic mass is 9.56. The number of hydrogen-bond acceptors (Lipinski definition) is 7. The van der Waals surface area contributed by atoms with Crippen molar-refractivity contribution in [1.82, 2.24) is 24.8 Å². The van der Waals surface area contributed by atoms with E-state index >= 15 is 0 Å². The molecule has 0 unspecified atom stereocenters. The molecule has 2 bridgehead atoms. The summed E-state index contributed by atoms with van der Waals surface area (Å²) in [6.07, 6.45) is 4.63. The maximum atomic E-state index is 14.5. The number of aromatic nitrogens is 3. The summed E-state index contributed by atoms with van der Waals surface area (Å²) in [6.45, 7) is 1.20. The third kappa shape index (κ3) is 5.36. The van der Waals surface area contributed by atoms with Gasteiger partial charge in [-0.25, -0.2) is 17.7 Å². The molecule has 13 heteroatoms. The van der Waals surface area contributed by atoms with Gasteiger partial charge in [0.2, 0.25) is 5.91 Å². The number of hydrogen-bond donors (Lipinski definition) is 3. The van der Waals surface area contributed by atoms with E-state index in [4.69, 9.17) is 0 Å². The Labute approximate surface area is 252 Å². The lowest BCUT2D eigenvalue weighted by Crippen LogP contribution is -2.64. The standard InChI is InChI=1S/C31H34F3N7O3/c1-28(2,44)25(32)16-37-26(42)21-15-36-23(24-4-3-20-11-19(13-35)14-38-41(20)24)12-22(21)39-30-8-5-29(6-9-30,7-10-30)27(43)40-17-31(33,34)18-40/h3-4,11-12,14-15,25,44H,5-10,16-18H2,1-2H3,(H,36,39)(H,37,42)/t25-,29?,30?/m1/s1. The molecule has 1 saturated heterocycles. The van der Waals surface area contributed by atoms with E-state index in [-0.39, 0.29) is 11.5 Å². The highest BCUT2D eigenvalue weighted by Crippen LogP contribution is 2.55. The topological polar surface area (TPSA) is 136 Å². The monoisotopic (exact) mass is 609 g/mol. The molecule has 0 aromatic carbocycles. The first-order valence-electron chi connectivity index (χ1n) is 14.7. The van der Waals surface area contributed by atoms with Crippen LogP contribution >= 0.6 is 0 Å². The van der Waals surface area contributed by atoms with Gasteiger partial charge in [0, 0.05) is 17.2 Å². The Morgan fingerprint density at radius 3 is 2.41 bits per heavy atom. The molecule has 10 nitrogen and oxygen atoms in total. The van der Waals surface area contributed by atoms with E-state index in [2.05, 4.69) is 26.8 Å². The second-order valence-electron chi connectivity index (χ2n) is 13.1. The van der Waals surface area contributed by atoms with E-state index in [1.165, 1.54) is 31.1 Å². The van der Waals surface area contributed by atoms with Crippen molar-refractivity contribution >= 4 is 23.0 Å². The molecule has 4 fully saturated rings. The van der Waals surface area contributed by atoms with Gasteiger partial charge in [-0.1, -0.05) is 0 Å².